The minimum atomic E-state index is 0.287. The molecule has 0 spiro atoms. The molecule has 0 amide bonds. The summed E-state index contributed by atoms with van der Waals surface area (Å²) >= 11 is 0. The molecule has 2 aromatic heterocycles. The number of imidazole rings is 1. The summed E-state index contributed by atoms with van der Waals surface area (Å²) in [5.41, 5.74) is 6.74. The van der Waals surface area contributed by atoms with Crippen molar-refractivity contribution in [2.45, 2.75) is 33.1 Å². The van der Waals surface area contributed by atoms with Crippen LogP contribution in [-0.2, 0) is 0 Å². The number of rotatable bonds is 5. The third-order valence-corrected chi connectivity index (χ3v) is 3.03. The number of hydrogen-bond donors (Lipinski definition) is 2. The van der Waals surface area contributed by atoms with Gasteiger partial charge in [-0.3, -0.25) is 0 Å². The minimum absolute atomic E-state index is 0.287. The van der Waals surface area contributed by atoms with E-state index in [-0.39, 0.29) is 5.92 Å². The van der Waals surface area contributed by atoms with Gasteiger partial charge in [0, 0.05) is 12.5 Å². The Kier molecular flexibility index (Phi) is 3.87. The predicted octanol–water partition coefficient (Wildman–Crippen LogP) is 3.07. The highest BCUT2D eigenvalue weighted by Crippen LogP contribution is 2.25. The van der Waals surface area contributed by atoms with Crippen molar-refractivity contribution < 1.29 is 4.42 Å². The second kappa shape index (κ2) is 5.40. The number of aryl methyl sites for hydroxylation is 1. The van der Waals surface area contributed by atoms with Crippen LogP contribution in [0.2, 0.25) is 0 Å². The van der Waals surface area contributed by atoms with E-state index in [9.17, 15) is 0 Å². The monoisotopic (exact) mass is 247 g/mol. The molecule has 1 atom stereocenters. The molecular weight excluding hydrogens is 226 g/mol. The van der Waals surface area contributed by atoms with Crippen molar-refractivity contribution in [3.63, 3.8) is 0 Å². The van der Waals surface area contributed by atoms with Gasteiger partial charge in [-0.05, 0) is 31.4 Å². The first-order valence-corrected chi connectivity index (χ1v) is 6.42. The van der Waals surface area contributed by atoms with Gasteiger partial charge in [0.1, 0.15) is 17.3 Å². The normalized spacial score (nSPS) is 13.2. The van der Waals surface area contributed by atoms with Crippen molar-refractivity contribution >= 4 is 0 Å². The molecule has 4 heteroatoms. The van der Waals surface area contributed by atoms with Crippen LogP contribution in [0, 0.1) is 12.8 Å². The van der Waals surface area contributed by atoms with E-state index in [4.69, 9.17) is 10.2 Å². The molecule has 0 saturated heterocycles. The summed E-state index contributed by atoms with van der Waals surface area (Å²) in [6, 6.07) is 3.90. The molecule has 0 fully saturated rings. The van der Waals surface area contributed by atoms with Crippen LogP contribution in [0.1, 0.15) is 37.8 Å². The third-order valence-electron chi connectivity index (χ3n) is 3.03. The molecule has 4 nitrogen and oxygen atoms in total. The summed E-state index contributed by atoms with van der Waals surface area (Å²) in [4.78, 5) is 7.74. The highest BCUT2D eigenvalue weighted by atomic mass is 16.3. The van der Waals surface area contributed by atoms with E-state index in [2.05, 4.69) is 23.8 Å². The minimum Gasteiger partial charge on any atom is -0.460 e. The van der Waals surface area contributed by atoms with Gasteiger partial charge in [0.25, 0.3) is 0 Å². The number of nitrogens with zero attached hydrogens (tertiary/aromatic N) is 1. The van der Waals surface area contributed by atoms with Gasteiger partial charge < -0.3 is 15.1 Å². The summed E-state index contributed by atoms with van der Waals surface area (Å²) < 4.78 is 5.57. The number of nitrogens with two attached hydrogens (primary N) is 1. The van der Waals surface area contributed by atoms with E-state index in [1.807, 2.05) is 25.3 Å². The lowest BCUT2D eigenvalue weighted by Crippen LogP contribution is -2.15. The lowest BCUT2D eigenvalue weighted by Gasteiger charge is -2.14. The van der Waals surface area contributed by atoms with Crippen molar-refractivity contribution in [1.29, 1.82) is 0 Å². The van der Waals surface area contributed by atoms with Crippen LogP contribution in [-0.4, -0.2) is 16.5 Å². The maximum Gasteiger partial charge on any atom is 0.152 e. The molecular formula is C14H21N3O. The van der Waals surface area contributed by atoms with E-state index in [1.165, 1.54) is 0 Å². The van der Waals surface area contributed by atoms with Crippen LogP contribution in [0.3, 0.4) is 0 Å². The number of aromatic amines is 1. The Morgan fingerprint density at radius 2 is 2.17 bits per heavy atom. The number of H-pyrrole nitrogens is 1. The number of furan rings is 1. The average molecular weight is 247 g/mol. The molecule has 0 aliphatic rings. The van der Waals surface area contributed by atoms with Gasteiger partial charge in [0.15, 0.2) is 5.76 Å². The smallest absolute Gasteiger partial charge is 0.152 e. The maximum atomic E-state index is 5.82. The van der Waals surface area contributed by atoms with Crippen molar-refractivity contribution in [2.75, 3.05) is 6.54 Å². The SMILES string of the molecule is Cc1ccc(-c2cnc(C(CN)CC(C)C)[nH]2)o1. The van der Waals surface area contributed by atoms with Gasteiger partial charge in [0.2, 0.25) is 0 Å². The molecule has 0 aliphatic carbocycles. The molecule has 0 aliphatic heterocycles. The van der Waals surface area contributed by atoms with Gasteiger partial charge in [-0.1, -0.05) is 13.8 Å². The number of aromatic nitrogens is 2. The zero-order chi connectivity index (χ0) is 13.1. The fourth-order valence-electron chi connectivity index (χ4n) is 2.14. The van der Waals surface area contributed by atoms with Crippen molar-refractivity contribution in [3.8, 4) is 11.5 Å². The molecule has 0 aromatic carbocycles. The Bertz CT molecular complexity index is 499. The lowest BCUT2D eigenvalue weighted by molar-refractivity contribution is 0.490. The molecule has 18 heavy (non-hydrogen) atoms. The summed E-state index contributed by atoms with van der Waals surface area (Å²) in [6.45, 7) is 6.94. The fraction of sp³-hybridized carbons (Fsp3) is 0.500. The van der Waals surface area contributed by atoms with Crippen LogP contribution in [0.4, 0.5) is 0 Å². The summed E-state index contributed by atoms with van der Waals surface area (Å²) in [7, 11) is 0. The highest BCUT2D eigenvalue weighted by molar-refractivity contribution is 5.51. The maximum absolute atomic E-state index is 5.82. The van der Waals surface area contributed by atoms with Crippen LogP contribution < -0.4 is 5.73 Å². The Morgan fingerprint density at radius 3 is 2.72 bits per heavy atom. The zero-order valence-corrected chi connectivity index (χ0v) is 11.2. The Morgan fingerprint density at radius 1 is 1.39 bits per heavy atom. The molecule has 98 valence electrons. The largest absolute Gasteiger partial charge is 0.460 e. The van der Waals surface area contributed by atoms with E-state index < -0.39 is 0 Å². The van der Waals surface area contributed by atoms with Crippen LogP contribution >= 0.6 is 0 Å². The zero-order valence-electron chi connectivity index (χ0n) is 11.2. The second-order valence-electron chi connectivity index (χ2n) is 5.15. The molecule has 0 bridgehead atoms. The van der Waals surface area contributed by atoms with Crippen LogP contribution in [0.15, 0.2) is 22.7 Å². The molecule has 2 rings (SSSR count). The lowest BCUT2D eigenvalue weighted by atomic mass is 9.97. The molecule has 3 N–H and O–H groups in total. The Labute approximate surface area is 108 Å². The molecule has 0 radical (unpaired) electrons. The summed E-state index contributed by atoms with van der Waals surface area (Å²) in [5, 5.41) is 0. The first-order valence-electron chi connectivity index (χ1n) is 6.42. The van der Waals surface area contributed by atoms with Gasteiger partial charge in [-0.15, -0.1) is 0 Å². The van der Waals surface area contributed by atoms with Crippen LogP contribution in [0.25, 0.3) is 11.5 Å². The molecule has 1 unspecified atom stereocenters. The van der Waals surface area contributed by atoms with E-state index >= 15 is 0 Å². The van der Waals surface area contributed by atoms with Crippen LogP contribution in [0.5, 0.6) is 0 Å². The third kappa shape index (κ3) is 2.82. The summed E-state index contributed by atoms with van der Waals surface area (Å²) in [6.07, 6.45) is 2.86. The van der Waals surface area contributed by atoms with Gasteiger partial charge in [0.05, 0.1) is 6.20 Å². The Hall–Kier alpha value is -1.55. The molecule has 0 saturated carbocycles. The number of hydrogen-bond acceptors (Lipinski definition) is 3. The van der Waals surface area contributed by atoms with Crippen molar-refractivity contribution in [1.82, 2.24) is 9.97 Å². The number of nitrogens with one attached hydrogen (secondary N) is 1. The van der Waals surface area contributed by atoms with Gasteiger partial charge >= 0.3 is 0 Å². The topological polar surface area (TPSA) is 67.8 Å². The second-order valence-corrected chi connectivity index (χ2v) is 5.15. The highest BCUT2D eigenvalue weighted by Gasteiger charge is 2.16. The first-order chi connectivity index (χ1) is 8.60. The quantitative estimate of drug-likeness (QED) is 0.853. The van der Waals surface area contributed by atoms with Gasteiger partial charge in [-0.25, -0.2) is 4.98 Å². The molecule has 2 heterocycles. The first kappa shape index (κ1) is 12.9. The standard InChI is InChI=1S/C14H21N3O/c1-9(2)6-11(7-15)14-16-8-12(17-14)13-5-4-10(3)18-13/h4-5,8-9,11H,6-7,15H2,1-3H3,(H,16,17). The van der Waals surface area contributed by atoms with E-state index in [1.54, 1.807) is 0 Å². The average Bonchev–Trinajstić information content (AvgIpc) is 2.93. The predicted molar refractivity (Wildman–Crippen MR) is 72.3 cm³/mol. The van der Waals surface area contributed by atoms with Crippen molar-refractivity contribution in [3.05, 3.63) is 29.9 Å². The Balaban J connectivity index is 2.18. The van der Waals surface area contributed by atoms with E-state index in [0.717, 1.165) is 29.5 Å². The van der Waals surface area contributed by atoms with Gasteiger partial charge in [-0.2, -0.15) is 0 Å². The van der Waals surface area contributed by atoms with Crippen molar-refractivity contribution in [2.24, 2.45) is 11.7 Å². The summed E-state index contributed by atoms with van der Waals surface area (Å²) in [5.74, 6) is 3.58. The van der Waals surface area contributed by atoms with E-state index in [0.29, 0.717) is 12.5 Å². The molecule has 2 aromatic rings. The fourth-order valence-corrected chi connectivity index (χ4v) is 2.14.